The second-order valence-electron chi connectivity index (χ2n) is 9.77. The highest BCUT2D eigenvalue weighted by Gasteiger charge is 2.38. The molecule has 1 N–H and O–H groups in total. The average Bonchev–Trinajstić information content (AvgIpc) is 3.24. The minimum Gasteiger partial charge on any atom is -0.494 e. The topological polar surface area (TPSA) is 84.9 Å². The summed E-state index contributed by atoms with van der Waals surface area (Å²) in [6.45, 7) is 6.96. The van der Waals surface area contributed by atoms with Crippen molar-refractivity contribution < 1.29 is 23.9 Å². The Morgan fingerprint density at radius 1 is 0.974 bits per heavy atom. The number of esters is 1. The Bertz CT molecular complexity index is 1300. The van der Waals surface area contributed by atoms with E-state index in [1.165, 1.54) is 7.11 Å². The van der Waals surface area contributed by atoms with E-state index in [9.17, 15) is 14.4 Å². The van der Waals surface area contributed by atoms with Gasteiger partial charge < -0.3 is 19.7 Å². The summed E-state index contributed by atoms with van der Waals surface area (Å²) in [6, 6.07) is 19.7. The summed E-state index contributed by atoms with van der Waals surface area (Å²) in [6.07, 6.45) is 2.06. The lowest BCUT2D eigenvalue weighted by Crippen LogP contribution is -2.45. The van der Waals surface area contributed by atoms with Crippen LogP contribution in [0.15, 0.2) is 66.7 Å². The van der Waals surface area contributed by atoms with Gasteiger partial charge in [0.05, 0.1) is 13.7 Å². The highest BCUT2D eigenvalue weighted by molar-refractivity contribution is 6.04. The van der Waals surface area contributed by atoms with Crippen LogP contribution in [-0.4, -0.2) is 42.4 Å². The molecule has 0 spiro atoms. The highest BCUT2D eigenvalue weighted by Crippen LogP contribution is 2.32. The molecular formula is C31H34N2O5. The van der Waals surface area contributed by atoms with E-state index in [2.05, 4.69) is 12.2 Å². The van der Waals surface area contributed by atoms with E-state index in [-0.39, 0.29) is 17.7 Å². The Labute approximate surface area is 223 Å². The fraction of sp³-hybridized carbons (Fsp3) is 0.323. The predicted molar refractivity (Wildman–Crippen MR) is 147 cm³/mol. The fourth-order valence-electron chi connectivity index (χ4n) is 4.59. The van der Waals surface area contributed by atoms with Crippen LogP contribution in [0.4, 0.5) is 5.69 Å². The van der Waals surface area contributed by atoms with Crippen LogP contribution in [0.2, 0.25) is 0 Å². The maximum atomic E-state index is 13.2. The summed E-state index contributed by atoms with van der Waals surface area (Å²) in [7, 11) is 1.34. The predicted octanol–water partition coefficient (Wildman–Crippen LogP) is 5.94. The van der Waals surface area contributed by atoms with Gasteiger partial charge in [-0.25, -0.2) is 4.79 Å². The SMILES string of the molecule is CCCCOc1ccc(C(=O)Nc2ccc(-c3ccc4c(c3)C(=O)N(C(C(=O)OC)C(C)C)C4)cc2)cc1. The molecule has 0 radical (unpaired) electrons. The van der Waals surface area contributed by atoms with E-state index in [1.807, 2.05) is 56.3 Å². The molecule has 0 saturated heterocycles. The van der Waals surface area contributed by atoms with Crippen LogP contribution in [0, 0.1) is 5.92 Å². The number of amides is 2. The Hall–Kier alpha value is -4.13. The van der Waals surface area contributed by atoms with Crippen molar-refractivity contribution in [3.8, 4) is 16.9 Å². The third-order valence-corrected chi connectivity index (χ3v) is 6.71. The van der Waals surface area contributed by atoms with Gasteiger partial charge in [0.25, 0.3) is 11.8 Å². The van der Waals surface area contributed by atoms with Crippen LogP contribution in [0.25, 0.3) is 11.1 Å². The first-order valence-corrected chi connectivity index (χ1v) is 13.0. The average molecular weight is 515 g/mol. The van der Waals surface area contributed by atoms with E-state index in [0.717, 1.165) is 35.3 Å². The van der Waals surface area contributed by atoms with Crippen molar-refractivity contribution in [3.63, 3.8) is 0 Å². The molecule has 0 aliphatic carbocycles. The van der Waals surface area contributed by atoms with Crippen molar-refractivity contribution in [1.29, 1.82) is 0 Å². The van der Waals surface area contributed by atoms with E-state index in [0.29, 0.717) is 30.0 Å². The molecule has 1 atom stereocenters. The highest BCUT2D eigenvalue weighted by atomic mass is 16.5. The van der Waals surface area contributed by atoms with Gasteiger partial charge in [0, 0.05) is 23.4 Å². The van der Waals surface area contributed by atoms with Gasteiger partial charge in [-0.2, -0.15) is 0 Å². The summed E-state index contributed by atoms with van der Waals surface area (Å²) in [5.74, 6) is -0.0985. The summed E-state index contributed by atoms with van der Waals surface area (Å²) in [5, 5.41) is 2.92. The largest absolute Gasteiger partial charge is 0.494 e. The number of fused-ring (bicyclic) bond motifs is 1. The number of methoxy groups -OCH3 is 1. The molecule has 2 amide bonds. The van der Waals surface area contributed by atoms with Gasteiger partial charge in [-0.15, -0.1) is 0 Å². The van der Waals surface area contributed by atoms with Crippen LogP contribution in [0.3, 0.4) is 0 Å². The second-order valence-corrected chi connectivity index (χ2v) is 9.77. The normalized spacial score (nSPS) is 13.3. The van der Waals surface area contributed by atoms with Crippen LogP contribution in [0.5, 0.6) is 5.75 Å². The molecule has 38 heavy (non-hydrogen) atoms. The van der Waals surface area contributed by atoms with E-state index >= 15 is 0 Å². The Balaban J connectivity index is 1.43. The Morgan fingerprint density at radius 3 is 2.29 bits per heavy atom. The summed E-state index contributed by atoms with van der Waals surface area (Å²) in [4.78, 5) is 39.8. The third kappa shape index (κ3) is 5.88. The van der Waals surface area contributed by atoms with Crippen LogP contribution < -0.4 is 10.1 Å². The molecule has 4 rings (SSSR count). The number of anilines is 1. The van der Waals surface area contributed by atoms with Gasteiger partial charge in [-0.05, 0) is 71.5 Å². The first-order chi connectivity index (χ1) is 18.3. The lowest BCUT2D eigenvalue weighted by molar-refractivity contribution is -0.147. The van der Waals surface area contributed by atoms with Crippen molar-refractivity contribution in [3.05, 3.63) is 83.4 Å². The molecule has 0 fully saturated rings. The lowest BCUT2D eigenvalue weighted by atomic mass is 10.00. The molecule has 1 unspecified atom stereocenters. The molecule has 0 bridgehead atoms. The minimum atomic E-state index is -0.629. The molecule has 3 aromatic rings. The molecule has 7 heteroatoms. The first kappa shape index (κ1) is 26.9. The fourth-order valence-corrected chi connectivity index (χ4v) is 4.59. The maximum absolute atomic E-state index is 13.2. The zero-order valence-electron chi connectivity index (χ0n) is 22.3. The molecular weight excluding hydrogens is 480 g/mol. The summed E-state index contributed by atoms with van der Waals surface area (Å²) >= 11 is 0. The van der Waals surface area contributed by atoms with Crippen LogP contribution in [-0.2, 0) is 16.1 Å². The van der Waals surface area contributed by atoms with Gasteiger partial charge in [0.15, 0.2) is 0 Å². The number of nitrogens with one attached hydrogen (secondary N) is 1. The van der Waals surface area contributed by atoms with E-state index < -0.39 is 12.0 Å². The zero-order valence-corrected chi connectivity index (χ0v) is 22.3. The number of benzene rings is 3. The number of unbranched alkanes of at least 4 members (excludes halogenated alkanes) is 1. The number of carbonyl (C=O) groups excluding carboxylic acids is 3. The molecule has 0 saturated carbocycles. The number of hydrogen-bond acceptors (Lipinski definition) is 5. The number of rotatable bonds is 10. The zero-order chi connectivity index (χ0) is 27.2. The molecule has 7 nitrogen and oxygen atoms in total. The summed E-state index contributed by atoms with van der Waals surface area (Å²) in [5.41, 5.74) is 4.50. The molecule has 1 aliphatic rings. The van der Waals surface area contributed by atoms with Gasteiger partial charge in [0.2, 0.25) is 0 Å². The molecule has 3 aromatic carbocycles. The van der Waals surface area contributed by atoms with E-state index in [4.69, 9.17) is 9.47 Å². The molecule has 1 aliphatic heterocycles. The standard InChI is InChI=1S/C31H34N2O5/c1-5-6-17-38-26-15-11-22(12-16-26)29(34)32-25-13-9-21(10-14-25)23-7-8-24-19-33(30(35)27(24)18-23)28(20(2)3)31(36)37-4/h7-16,18,20,28H,5-6,17,19H2,1-4H3,(H,32,34). The Morgan fingerprint density at radius 2 is 1.66 bits per heavy atom. The summed E-state index contributed by atoms with van der Waals surface area (Å²) < 4.78 is 10.6. The number of carbonyl (C=O) groups is 3. The van der Waals surface area contributed by atoms with Gasteiger partial charge in [-0.1, -0.05) is 51.5 Å². The smallest absolute Gasteiger partial charge is 0.328 e. The number of nitrogens with zero attached hydrogens (tertiary/aromatic N) is 1. The lowest BCUT2D eigenvalue weighted by Gasteiger charge is -2.28. The van der Waals surface area contributed by atoms with Crippen molar-refractivity contribution in [1.82, 2.24) is 4.90 Å². The first-order valence-electron chi connectivity index (χ1n) is 13.0. The number of ether oxygens (including phenoxy) is 2. The van der Waals surface area contributed by atoms with Crippen LogP contribution in [0.1, 0.15) is 59.9 Å². The van der Waals surface area contributed by atoms with Gasteiger partial charge >= 0.3 is 5.97 Å². The van der Waals surface area contributed by atoms with Crippen molar-refractivity contribution in [2.45, 2.75) is 46.2 Å². The van der Waals surface area contributed by atoms with Crippen molar-refractivity contribution in [2.75, 3.05) is 19.0 Å². The molecule has 198 valence electrons. The van der Waals surface area contributed by atoms with Gasteiger partial charge in [-0.3, -0.25) is 9.59 Å². The molecule has 1 heterocycles. The van der Waals surface area contributed by atoms with E-state index in [1.54, 1.807) is 29.2 Å². The van der Waals surface area contributed by atoms with Crippen LogP contribution >= 0.6 is 0 Å². The van der Waals surface area contributed by atoms with Crippen molar-refractivity contribution in [2.24, 2.45) is 5.92 Å². The quantitative estimate of drug-likeness (QED) is 0.267. The monoisotopic (exact) mass is 514 g/mol. The Kier molecular flexibility index (Phi) is 8.46. The van der Waals surface area contributed by atoms with Crippen molar-refractivity contribution >= 4 is 23.5 Å². The minimum absolute atomic E-state index is 0.0694. The third-order valence-electron chi connectivity index (χ3n) is 6.71. The maximum Gasteiger partial charge on any atom is 0.328 e. The second kappa shape index (κ2) is 11.9. The molecule has 0 aromatic heterocycles. The number of hydrogen-bond donors (Lipinski definition) is 1. The van der Waals surface area contributed by atoms with Gasteiger partial charge in [0.1, 0.15) is 11.8 Å².